The minimum atomic E-state index is -1.79. The number of allylic oxidation sites excluding steroid dienone is 11. The van der Waals surface area contributed by atoms with Gasteiger partial charge in [0.15, 0.2) is 12.6 Å². The SMILES string of the molecule is CC/C=C\C/C=C\C/C=C\C/C=C\CCCCCCCCCCCCCCCCCCC(=O)NC(COC1OC(CO)C(OC2OC(CO)C(O)C(O)C2O)C(O)C1O)C(O)/C=C/CC/C=C/CCCC. The third kappa shape index (κ3) is 29.2. The van der Waals surface area contributed by atoms with E-state index >= 15 is 0 Å². The summed E-state index contributed by atoms with van der Waals surface area (Å²) >= 11 is 0. The van der Waals surface area contributed by atoms with E-state index < -0.39 is 86.8 Å². The Balaban J connectivity index is 1.65. The molecule has 14 heteroatoms. The first kappa shape index (κ1) is 64.5. The highest BCUT2D eigenvalue weighted by Gasteiger charge is 2.51. The third-order valence-corrected chi connectivity index (χ3v) is 13.1. The van der Waals surface area contributed by atoms with Crippen molar-refractivity contribution in [3.05, 3.63) is 72.9 Å². The summed E-state index contributed by atoms with van der Waals surface area (Å²) in [5, 5.41) is 86.6. The van der Waals surface area contributed by atoms with Crippen LogP contribution >= 0.6 is 0 Å². The number of nitrogens with one attached hydrogen (secondary N) is 1. The van der Waals surface area contributed by atoms with Crippen molar-refractivity contribution in [1.82, 2.24) is 5.32 Å². The summed E-state index contributed by atoms with van der Waals surface area (Å²) in [6, 6.07) is -0.931. The fourth-order valence-corrected chi connectivity index (χ4v) is 8.64. The zero-order valence-electron chi connectivity index (χ0n) is 43.7. The first-order valence-corrected chi connectivity index (χ1v) is 27.7. The Kier molecular flexibility index (Phi) is 38.9. The van der Waals surface area contributed by atoms with Gasteiger partial charge in [0.1, 0.15) is 48.8 Å². The summed E-state index contributed by atoms with van der Waals surface area (Å²) in [5.74, 6) is -0.256. The van der Waals surface area contributed by atoms with Gasteiger partial charge in [0, 0.05) is 6.42 Å². The van der Waals surface area contributed by atoms with Crippen LogP contribution in [0.1, 0.15) is 187 Å². The number of unbranched alkanes of at least 4 members (excludes halogenated alkanes) is 19. The van der Waals surface area contributed by atoms with Crippen molar-refractivity contribution in [2.75, 3.05) is 19.8 Å². The summed E-state index contributed by atoms with van der Waals surface area (Å²) in [6.07, 6.45) is 38.5. The van der Waals surface area contributed by atoms with Gasteiger partial charge < -0.3 is 65.1 Å². The molecule has 2 rings (SSSR count). The second-order valence-corrected chi connectivity index (χ2v) is 19.3. The molecule has 12 atom stereocenters. The minimum absolute atomic E-state index is 0.256. The summed E-state index contributed by atoms with van der Waals surface area (Å²) in [6.45, 7) is 2.56. The highest BCUT2D eigenvalue weighted by atomic mass is 16.7. The molecule has 0 aromatic rings. The average molecular weight is 1010 g/mol. The van der Waals surface area contributed by atoms with E-state index in [-0.39, 0.29) is 18.9 Å². The topological polar surface area (TPSA) is 228 Å². The van der Waals surface area contributed by atoms with Crippen LogP contribution in [0, 0.1) is 0 Å². The quantitative estimate of drug-likeness (QED) is 0.0207. The molecule has 1 amide bonds. The van der Waals surface area contributed by atoms with E-state index in [1.54, 1.807) is 6.08 Å². The van der Waals surface area contributed by atoms with Crippen LogP contribution in [-0.2, 0) is 23.7 Å². The van der Waals surface area contributed by atoms with Crippen molar-refractivity contribution >= 4 is 5.91 Å². The van der Waals surface area contributed by atoms with Gasteiger partial charge in [-0.1, -0.05) is 189 Å². The lowest BCUT2D eigenvalue weighted by atomic mass is 9.97. The van der Waals surface area contributed by atoms with Gasteiger partial charge in [-0.25, -0.2) is 0 Å². The van der Waals surface area contributed by atoms with E-state index in [0.29, 0.717) is 12.8 Å². The number of aliphatic hydroxyl groups excluding tert-OH is 8. The van der Waals surface area contributed by atoms with Crippen molar-refractivity contribution in [2.45, 2.75) is 261 Å². The Labute approximate surface area is 428 Å². The molecule has 0 spiro atoms. The average Bonchev–Trinajstić information content (AvgIpc) is 3.37. The smallest absolute Gasteiger partial charge is 0.220 e. The van der Waals surface area contributed by atoms with Crippen LogP contribution in [0.5, 0.6) is 0 Å². The zero-order chi connectivity index (χ0) is 51.7. The fraction of sp³-hybridized carbons (Fsp3) is 0.772. The second-order valence-electron chi connectivity index (χ2n) is 19.3. The maximum absolute atomic E-state index is 13.2. The van der Waals surface area contributed by atoms with Gasteiger partial charge in [0.2, 0.25) is 5.91 Å². The van der Waals surface area contributed by atoms with E-state index in [2.05, 4.69) is 79.9 Å². The molecule has 9 N–H and O–H groups in total. The largest absolute Gasteiger partial charge is 0.394 e. The lowest BCUT2D eigenvalue weighted by Crippen LogP contribution is -2.65. The molecule has 12 unspecified atom stereocenters. The molecular formula is C57H99NO13. The molecule has 0 aliphatic carbocycles. The molecule has 410 valence electrons. The molecule has 0 radical (unpaired) electrons. The number of rotatable bonds is 42. The number of hydrogen-bond acceptors (Lipinski definition) is 13. The van der Waals surface area contributed by atoms with E-state index in [0.717, 1.165) is 70.6 Å². The predicted molar refractivity (Wildman–Crippen MR) is 281 cm³/mol. The molecular weight excluding hydrogens is 907 g/mol. The van der Waals surface area contributed by atoms with Crippen molar-refractivity contribution in [3.63, 3.8) is 0 Å². The predicted octanol–water partition coefficient (Wildman–Crippen LogP) is 8.38. The van der Waals surface area contributed by atoms with Crippen LogP contribution in [0.15, 0.2) is 72.9 Å². The summed E-state index contributed by atoms with van der Waals surface area (Å²) in [4.78, 5) is 13.2. The van der Waals surface area contributed by atoms with Crippen molar-refractivity contribution < 1.29 is 64.6 Å². The molecule has 0 aromatic carbocycles. The van der Waals surface area contributed by atoms with Crippen LogP contribution in [-0.4, -0.2) is 140 Å². The maximum atomic E-state index is 13.2. The number of ether oxygens (including phenoxy) is 4. The molecule has 2 aliphatic rings. The Morgan fingerprint density at radius 2 is 0.986 bits per heavy atom. The monoisotopic (exact) mass is 1010 g/mol. The van der Waals surface area contributed by atoms with Gasteiger partial charge in [0.25, 0.3) is 0 Å². The zero-order valence-corrected chi connectivity index (χ0v) is 43.7. The van der Waals surface area contributed by atoms with Crippen LogP contribution in [0.4, 0.5) is 0 Å². The molecule has 2 fully saturated rings. The standard InChI is InChI=1S/C57H99NO13/c1-3-5-7-9-11-13-14-15-16-17-18-19-20-21-22-23-24-25-26-27-28-29-30-31-32-33-35-37-39-41-49(62)58-45(46(61)40-38-36-34-12-10-8-6-4-2)44-68-56-54(67)52(65)55(48(43-60)70-56)71-57-53(66)51(64)50(63)47(42-59)69-57/h5,7,10-13,15-16,18-19,38,40,45-48,50-57,59-61,63-67H,3-4,6,8-9,14,17,20-37,39,41-44H2,1-2H3,(H,58,62)/b7-5-,12-10+,13-11-,16-15-,19-18-,40-38+. The lowest BCUT2D eigenvalue weighted by molar-refractivity contribution is -0.359. The van der Waals surface area contributed by atoms with Crippen molar-refractivity contribution in [3.8, 4) is 0 Å². The summed E-state index contributed by atoms with van der Waals surface area (Å²) in [7, 11) is 0. The molecule has 71 heavy (non-hydrogen) atoms. The molecule has 14 nitrogen and oxygen atoms in total. The number of hydrogen-bond donors (Lipinski definition) is 9. The maximum Gasteiger partial charge on any atom is 0.220 e. The van der Waals surface area contributed by atoms with E-state index in [1.165, 1.54) is 83.5 Å². The van der Waals surface area contributed by atoms with Gasteiger partial charge in [-0.15, -0.1) is 0 Å². The van der Waals surface area contributed by atoms with Gasteiger partial charge in [-0.3, -0.25) is 4.79 Å². The Morgan fingerprint density at radius 1 is 0.521 bits per heavy atom. The first-order chi connectivity index (χ1) is 34.6. The molecule has 2 saturated heterocycles. The Morgan fingerprint density at radius 3 is 1.55 bits per heavy atom. The number of carbonyl (C=O) groups excluding carboxylic acids is 1. The summed E-state index contributed by atoms with van der Waals surface area (Å²) in [5.41, 5.74) is 0. The van der Waals surface area contributed by atoms with E-state index in [4.69, 9.17) is 18.9 Å². The van der Waals surface area contributed by atoms with Gasteiger partial charge in [-0.2, -0.15) is 0 Å². The van der Waals surface area contributed by atoms with Crippen LogP contribution in [0.25, 0.3) is 0 Å². The summed E-state index contributed by atoms with van der Waals surface area (Å²) < 4.78 is 22.6. The number of carbonyl (C=O) groups is 1. The van der Waals surface area contributed by atoms with E-state index in [9.17, 15) is 45.6 Å². The normalized spacial score (nSPS) is 26.3. The first-order valence-electron chi connectivity index (χ1n) is 27.7. The minimum Gasteiger partial charge on any atom is -0.394 e. The molecule has 2 aliphatic heterocycles. The number of amides is 1. The van der Waals surface area contributed by atoms with Gasteiger partial charge in [-0.05, 0) is 64.2 Å². The highest BCUT2D eigenvalue weighted by molar-refractivity contribution is 5.76. The molecule has 0 aromatic heterocycles. The van der Waals surface area contributed by atoms with Crippen LogP contribution < -0.4 is 5.32 Å². The van der Waals surface area contributed by atoms with E-state index in [1.807, 2.05) is 6.08 Å². The lowest BCUT2D eigenvalue weighted by Gasteiger charge is -2.46. The van der Waals surface area contributed by atoms with Gasteiger partial charge >= 0.3 is 0 Å². The third-order valence-electron chi connectivity index (χ3n) is 13.1. The van der Waals surface area contributed by atoms with Crippen LogP contribution in [0.3, 0.4) is 0 Å². The van der Waals surface area contributed by atoms with Crippen LogP contribution in [0.2, 0.25) is 0 Å². The molecule has 0 saturated carbocycles. The molecule has 0 bridgehead atoms. The highest BCUT2D eigenvalue weighted by Crippen LogP contribution is 2.30. The fourth-order valence-electron chi connectivity index (χ4n) is 8.64. The number of aliphatic hydroxyl groups is 8. The second kappa shape index (κ2) is 42.8. The molecule has 2 heterocycles. The van der Waals surface area contributed by atoms with Crippen molar-refractivity contribution in [2.24, 2.45) is 0 Å². The van der Waals surface area contributed by atoms with Gasteiger partial charge in [0.05, 0.1) is 32.0 Å². The van der Waals surface area contributed by atoms with Crippen molar-refractivity contribution in [1.29, 1.82) is 0 Å². The Hall–Kier alpha value is -2.57. The Bertz CT molecular complexity index is 1470.